The molecule has 0 saturated carbocycles. The highest BCUT2D eigenvalue weighted by molar-refractivity contribution is 9.10. The fourth-order valence-corrected chi connectivity index (χ4v) is 4.81. The predicted octanol–water partition coefficient (Wildman–Crippen LogP) is 4.70. The summed E-state index contributed by atoms with van der Waals surface area (Å²) in [6.07, 6.45) is 0. The van der Waals surface area contributed by atoms with E-state index in [1.807, 2.05) is 47.4 Å². The summed E-state index contributed by atoms with van der Waals surface area (Å²) < 4.78 is 6.16. The van der Waals surface area contributed by atoms with Crippen LogP contribution in [-0.4, -0.2) is 61.4 Å². The number of ether oxygens (including phenoxy) is 1. The third kappa shape index (κ3) is 4.92. The number of carbonyl (C=O) groups excluding carboxylic acids is 1. The molecule has 5 rings (SSSR count). The highest BCUT2D eigenvalue weighted by Gasteiger charge is 2.35. The van der Waals surface area contributed by atoms with Crippen LogP contribution in [0.25, 0.3) is 0 Å². The Kier molecular flexibility index (Phi) is 6.76. The molecular formula is C27H27BrN4O2. The Bertz CT molecular complexity index is 1190. The van der Waals surface area contributed by atoms with Crippen LogP contribution in [-0.2, 0) is 11.3 Å². The first-order chi connectivity index (χ1) is 16.6. The van der Waals surface area contributed by atoms with Gasteiger partial charge in [0, 0.05) is 42.8 Å². The quantitative estimate of drug-likeness (QED) is 0.474. The average molecular weight is 519 g/mol. The molecule has 34 heavy (non-hydrogen) atoms. The molecule has 2 aliphatic rings. The Morgan fingerprint density at radius 3 is 2.32 bits per heavy atom. The number of rotatable bonds is 6. The number of anilines is 1. The number of nitrogens with zero attached hydrogens (tertiary/aromatic N) is 4. The maximum atomic E-state index is 13.5. The number of benzene rings is 3. The number of fused-ring (bicyclic) bond motifs is 1. The summed E-state index contributed by atoms with van der Waals surface area (Å²) in [5.41, 5.74) is 4.31. The van der Waals surface area contributed by atoms with Crippen LogP contribution in [0.3, 0.4) is 0 Å². The number of carbonyl (C=O) groups is 1. The van der Waals surface area contributed by atoms with E-state index in [-0.39, 0.29) is 5.91 Å². The Labute approximate surface area is 208 Å². The van der Waals surface area contributed by atoms with Crippen molar-refractivity contribution in [1.29, 1.82) is 0 Å². The van der Waals surface area contributed by atoms with E-state index in [1.165, 1.54) is 5.56 Å². The van der Waals surface area contributed by atoms with Crippen molar-refractivity contribution in [3.8, 4) is 5.75 Å². The molecule has 7 heteroatoms. The first kappa shape index (κ1) is 22.8. The number of hydrogen-bond acceptors (Lipinski definition) is 5. The normalized spacial score (nSPS) is 17.9. The molecular weight excluding hydrogens is 492 g/mol. The van der Waals surface area contributed by atoms with Crippen LogP contribution in [0.15, 0.2) is 82.3 Å². The highest BCUT2D eigenvalue weighted by Crippen LogP contribution is 2.33. The lowest BCUT2D eigenvalue weighted by Crippen LogP contribution is -2.50. The van der Waals surface area contributed by atoms with Gasteiger partial charge in [-0.1, -0.05) is 46.3 Å². The van der Waals surface area contributed by atoms with Crippen molar-refractivity contribution in [3.05, 3.63) is 88.4 Å². The van der Waals surface area contributed by atoms with Crippen LogP contribution in [0.2, 0.25) is 0 Å². The lowest BCUT2D eigenvalue weighted by molar-refractivity contribution is -0.112. The van der Waals surface area contributed by atoms with E-state index >= 15 is 0 Å². The zero-order chi connectivity index (χ0) is 23.5. The summed E-state index contributed by atoms with van der Waals surface area (Å²) in [7, 11) is 1.63. The molecule has 1 fully saturated rings. The van der Waals surface area contributed by atoms with Crippen LogP contribution in [0.4, 0.5) is 11.4 Å². The first-order valence-electron chi connectivity index (χ1n) is 11.4. The number of methoxy groups -OCH3 is 1. The van der Waals surface area contributed by atoms with Crippen molar-refractivity contribution < 1.29 is 9.53 Å². The van der Waals surface area contributed by atoms with Gasteiger partial charge in [-0.2, -0.15) is 0 Å². The molecule has 3 aromatic rings. The van der Waals surface area contributed by atoms with Crippen molar-refractivity contribution in [1.82, 2.24) is 9.80 Å². The Balaban J connectivity index is 1.31. The van der Waals surface area contributed by atoms with E-state index in [0.717, 1.165) is 59.9 Å². The van der Waals surface area contributed by atoms with Gasteiger partial charge in [0.25, 0.3) is 5.91 Å². The molecule has 2 aliphatic heterocycles. The second-order valence-electron chi connectivity index (χ2n) is 8.57. The number of amides is 1. The van der Waals surface area contributed by atoms with E-state index < -0.39 is 0 Å². The molecule has 0 radical (unpaired) electrons. The lowest BCUT2D eigenvalue weighted by atomic mass is 10.1. The SMILES string of the molecule is COc1ccc(N=C2C(=O)N(CN3CCN(Cc4ccccc4)CC3)c3ccc(Br)cc32)cc1. The van der Waals surface area contributed by atoms with Crippen LogP contribution in [0.1, 0.15) is 11.1 Å². The minimum absolute atomic E-state index is 0.0596. The Hall–Kier alpha value is -3.00. The molecule has 0 aliphatic carbocycles. The average Bonchev–Trinajstić information content (AvgIpc) is 3.11. The van der Waals surface area contributed by atoms with Gasteiger partial charge in [-0.15, -0.1) is 0 Å². The lowest BCUT2D eigenvalue weighted by Gasteiger charge is -2.36. The summed E-state index contributed by atoms with van der Waals surface area (Å²) in [6, 6.07) is 24.0. The minimum atomic E-state index is -0.0596. The van der Waals surface area contributed by atoms with E-state index in [4.69, 9.17) is 9.73 Å². The molecule has 0 unspecified atom stereocenters. The maximum Gasteiger partial charge on any atom is 0.278 e. The molecule has 1 saturated heterocycles. The predicted molar refractivity (Wildman–Crippen MR) is 139 cm³/mol. The maximum absolute atomic E-state index is 13.5. The van der Waals surface area contributed by atoms with Crippen molar-refractivity contribution in [2.75, 3.05) is 44.9 Å². The van der Waals surface area contributed by atoms with Gasteiger partial charge in [0.1, 0.15) is 11.5 Å². The van der Waals surface area contributed by atoms with Crippen LogP contribution < -0.4 is 9.64 Å². The van der Waals surface area contributed by atoms with E-state index in [1.54, 1.807) is 7.11 Å². The number of piperazine rings is 1. The van der Waals surface area contributed by atoms with Gasteiger partial charge < -0.3 is 4.74 Å². The molecule has 2 heterocycles. The van der Waals surface area contributed by atoms with Gasteiger partial charge in [0.2, 0.25) is 0 Å². The summed E-state index contributed by atoms with van der Waals surface area (Å²) in [5.74, 6) is 0.702. The van der Waals surface area contributed by atoms with Crippen molar-refractivity contribution in [2.45, 2.75) is 6.54 Å². The highest BCUT2D eigenvalue weighted by atomic mass is 79.9. The molecule has 0 N–H and O–H groups in total. The number of halogens is 1. The molecule has 0 atom stereocenters. The molecule has 0 bridgehead atoms. The molecule has 0 spiro atoms. The molecule has 6 nitrogen and oxygen atoms in total. The zero-order valence-corrected chi connectivity index (χ0v) is 20.7. The van der Waals surface area contributed by atoms with Gasteiger partial charge in [0.05, 0.1) is 25.2 Å². The molecule has 174 valence electrons. The number of hydrogen-bond donors (Lipinski definition) is 0. The van der Waals surface area contributed by atoms with Gasteiger partial charge in [0.15, 0.2) is 0 Å². The summed E-state index contributed by atoms with van der Waals surface area (Å²) in [6.45, 7) is 5.34. The van der Waals surface area contributed by atoms with Crippen molar-refractivity contribution in [3.63, 3.8) is 0 Å². The smallest absolute Gasteiger partial charge is 0.278 e. The largest absolute Gasteiger partial charge is 0.497 e. The monoisotopic (exact) mass is 518 g/mol. The second kappa shape index (κ2) is 10.1. The van der Waals surface area contributed by atoms with Gasteiger partial charge >= 0.3 is 0 Å². The second-order valence-corrected chi connectivity index (χ2v) is 9.49. The van der Waals surface area contributed by atoms with Crippen LogP contribution in [0.5, 0.6) is 5.75 Å². The Morgan fingerprint density at radius 1 is 0.912 bits per heavy atom. The topological polar surface area (TPSA) is 48.4 Å². The molecule has 0 aromatic heterocycles. The standard InChI is InChI=1S/C27H27BrN4O2/c1-34-23-10-8-22(9-11-23)29-26-24-17-21(28)7-12-25(24)32(27(26)33)19-31-15-13-30(14-16-31)18-20-5-3-2-4-6-20/h2-12,17H,13-16,18-19H2,1H3. The van der Waals surface area contributed by atoms with Gasteiger partial charge in [-0.05, 0) is 48.0 Å². The summed E-state index contributed by atoms with van der Waals surface area (Å²) >= 11 is 3.55. The van der Waals surface area contributed by atoms with Crippen molar-refractivity contribution in [2.24, 2.45) is 4.99 Å². The fraction of sp³-hybridized carbons (Fsp3) is 0.259. The molecule has 3 aromatic carbocycles. The first-order valence-corrected chi connectivity index (χ1v) is 12.2. The van der Waals surface area contributed by atoms with Crippen LogP contribution >= 0.6 is 15.9 Å². The summed E-state index contributed by atoms with van der Waals surface area (Å²) in [5, 5.41) is 0. The van der Waals surface area contributed by atoms with E-state index in [2.05, 4.69) is 56.1 Å². The third-order valence-corrected chi connectivity index (χ3v) is 6.81. The van der Waals surface area contributed by atoms with E-state index in [9.17, 15) is 4.79 Å². The number of aliphatic imine (C=N–C) groups is 1. The Morgan fingerprint density at radius 2 is 1.62 bits per heavy atom. The van der Waals surface area contributed by atoms with E-state index in [0.29, 0.717) is 12.4 Å². The van der Waals surface area contributed by atoms with Gasteiger partial charge in [-0.3, -0.25) is 19.5 Å². The van der Waals surface area contributed by atoms with Crippen molar-refractivity contribution >= 4 is 38.9 Å². The van der Waals surface area contributed by atoms with Crippen LogP contribution in [0, 0.1) is 0 Å². The minimum Gasteiger partial charge on any atom is -0.497 e. The fourth-order valence-electron chi connectivity index (χ4n) is 4.45. The zero-order valence-electron chi connectivity index (χ0n) is 19.2. The molecule has 1 amide bonds. The third-order valence-electron chi connectivity index (χ3n) is 6.32. The van der Waals surface area contributed by atoms with Gasteiger partial charge in [-0.25, -0.2) is 4.99 Å². The summed E-state index contributed by atoms with van der Waals surface area (Å²) in [4.78, 5) is 24.9.